The van der Waals surface area contributed by atoms with Crippen LogP contribution in [0.2, 0.25) is 0 Å². The van der Waals surface area contributed by atoms with E-state index in [1.165, 1.54) is 20.8 Å². The first-order valence-electron chi connectivity index (χ1n) is 39.8. The van der Waals surface area contributed by atoms with Gasteiger partial charge in [-0.3, -0.25) is 47.9 Å². The maximum atomic E-state index is 13.9. The van der Waals surface area contributed by atoms with E-state index in [1.54, 1.807) is 6.92 Å². The Labute approximate surface area is 661 Å². The van der Waals surface area contributed by atoms with Gasteiger partial charge in [0.2, 0.25) is 59.1 Å². The molecule has 0 radical (unpaired) electrons. The smallest absolute Gasteiger partial charge is 0.222 e. The molecule has 3 fully saturated rings. The van der Waals surface area contributed by atoms with Crippen LogP contribution in [0.5, 0.6) is 0 Å². The highest BCUT2D eigenvalue weighted by Crippen LogP contribution is 2.26. The first-order valence-corrected chi connectivity index (χ1v) is 39.8. The number of aliphatic hydroxyl groups excluding tert-OH is 9. The zero-order chi connectivity index (χ0) is 83.4. The first-order chi connectivity index (χ1) is 54.1. The van der Waals surface area contributed by atoms with Crippen LogP contribution in [-0.2, 0) is 95.4 Å². The van der Waals surface area contributed by atoms with Gasteiger partial charge in [-0.2, -0.15) is 0 Å². The summed E-state index contributed by atoms with van der Waals surface area (Å²) >= 11 is 0. The van der Waals surface area contributed by atoms with Crippen molar-refractivity contribution in [1.29, 1.82) is 0 Å². The van der Waals surface area contributed by atoms with Crippen molar-refractivity contribution in [3.63, 3.8) is 0 Å². The molecule has 3 saturated heterocycles. The average Bonchev–Trinajstić information content (AvgIpc) is 0.820. The fourth-order valence-corrected chi connectivity index (χ4v) is 12.4. The fraction of sp³-hybridized carbons (Fsp3) is 0.851. The number of carbonyl (C=O) groups excluding carboxylic acids is 11. The molecule has 0 bridgehead atoms. The third-order valence-corrected chi connectivity index (χ3v) is 18.6. The maximum absolute atomic E-state index is 13.9. The summed E-state index contributed by atoms with van der Waals surface area (Å²) in [5.74, 6) is -3.50. The van der Waals surface area contributed by atoms with E-state index in [4.69, 9.17) is 42.6 Å². The average molecular weight is 1630 g/mol. The van der Waals surface area contributed by atoms with Crippen LogP contribution in [0.25, 0.3) is 0 Å². The van der Waals surface area contributed by atoms with E-state index in [1.807, 2.05) is 0 Å². The molecule has 0 spiro atoms. The Bertz CT molecular complexity index is 2530. The lowest BCUT2D eigenvalue weighted by molar-refractivity contribution is -0.270. The maximum Gasteiger partial charge on any atom is 0.222 e. The van der Waals surface area contributed by atoms with E-state index >= 15 is 0 Å². The Morgan fingerprint density at radius 3 is 0.814 bits per heavy atom. The lowest BCUT2D eigenvalue weighted by atomic mass is 9.97. The van der Waals surface area contributed by atoms with Crippen LogP contribution in [0, 0.1) is 0 Å². The van der Waals surface area contributed by atoms with Gasteiger partial charge in [-0.1, -0.05) is 38.5 Å². The lowest BCUT2D eigenvalue weighted by Gasteiger charge is -2.42. The number of unbranched alkanes of at least 4 members (excludes halogenated alkanes) is 10. The summed E-state index contributed by atoms with van der Waals surface area (Å²) < 4.78 is 52.1. The summed E-state index contributed by atoms with van der Waals surface area (Å²) in [5.41, 5.74) is -1.40. The number of ether oxygens (including phenoxy) is 9. The van der Waals surface area contributed by atoms with Crippen molar-refractivity contribution in [3.05, 3.63) is 0 Å². The molecule has 0 aromatic rings. The van der Waals surface area contributed by atoms with Gasteiger partial charge in [0.1, 0.15) is 84.4 Å². The molecule has 0 aliphatic carbocycles. The zero-order valence-electron chi connectivity index (χ0n) is 66.3. The van der Waals surface area contributed by atoms with E-state index in [-0.39, 0.29) is 191 Å². The fourth-order valence-electron chi connectivity index (χ4n) is 12.4. The van der Waals surface area contributed by atoms with Crippen molar-refractivity contribution in [1.82, 2.24) is 53.2 Å². The molecule has 0 saturated carbocycles. The molecule has 39 nitrogen and oxygen atoms in total. The van der Waals surface area contributed by atoms with Crippen molar-refractivity contribution < 1.29 is 141 Å². The van der Waals surface area contributed by atoms with Crippen molar-refractivity contribution in [2.75, 3.05) is 119 Å². The normalized spacial score (nSPS) is 24.0. The Balaban J connectivity index is 1.55. The molecule has 15 atom stereocenters. The van der Waals surface area contributed by atoms with Crippen LogP contribution in [-0.4, -0.2) is 327 Å². The number of hydrogen-bond acceptors (Lipinski definition) is 29. The van der Waals surface area contributed by atoms with Crippen molar-refractivity contribution in [2.24, 2.45) is 0 Å². The van der Waals surface area contributed by atoms with Gasteiger partial charge in [-0.25, -0.2) is 0 Å². The molecule has 3 rings (SSSR count). The van der Waals surface area contributed by atoms with Gasteiger partial charge in [-0.05, 0) is 77.6 Å². The van der Waals surface area contributed by atoms with Crippen molar-refractivity contribution in [3.8, 4) is 0 Å². The van der Waals surface area contributed by atoms with Crippen LogP contribution in [0.3, 0.4) is 0 Å². The highest BCUT2D eigenvalue weighted by Gasteiger charge is 2.48. The Hall–Kier alpha value is -6.35. The molecule has 6 unspecified atom stereocenters. The molecular formula is C74H132N10O29. The number of nitrogens with one attached hydrogen (secondary N) is 10. The zero-order valence-corrected chi connectivity index (χ0v) is 66.3. The molecule has 19 N–H and O–H groups in total. The largest absolute Gasteiger partial charge is 0.394 e. The predicted octanol–water partition coefficient (Wildman–Crippen LogP) is -4.19. The summed E-state index contributed by atoms with van der Waals surface area (Å²) in [6.45, 7) is 4.08. The molecule has 39 heteroatoms. The minimum absolute atomic E-state index is 0.0799. The summed E-state index contributed by atoms with van der Waals surface area (Å²) in [6.07, 6.45) is -4.19. The van der Waals surface area contributed by atoms with E-state index in [2.05, 4.69) is 53.2 Å². The standard InChI is InChI=1S/C74H132N10O29/c1-48(88)22-11-9-7-5-6-8-10-12-26-61(98)84-74(45-105-39-27-58(95)78-33-19-30-75-55(92)23-13-16-36-108-71-62(81-49(2)89)68(102)65(99)52(42-85)111-71,46-106-40-28-59(96)79-34-20-31-76-56(93)24-14-17-37-109-72-63(82-50(3)90)69(103)66(100)53(43-86)112-72)47-107-41-29-60(97)80-35-21-32-77-57(94)25-15-18-38-110-73-64(83-51(4)91)70(104)67(101)54(44-87)113-73/h52-54,62-73,85-87,99-104H,5-47H2,1-4H3,(H,75,92)(H,76,93)(H,77,94)(H,78,95)(H,79,96)(H,80,97)(H,81,89)(H,82,90)(H,83,91)(H,84,98)/t52?,53?,54?,62?,63?,64?,65-,66-,67-,68-,69-,70-,71-,72-,73-,74?/m1/s1. The van der Waals surface area contributed by atoms with E-state index in [9.17, 15) is 98.7 Å². The molecule has 652 valence electrons. The first kappa shape index (κ1) is 101. The summed E-state index contributed by atoms with van der Waals surface area (Å²) in [6, 6.07) is -3.28. The predicted molar refractivity (Wildman–Crippen MR) is 401 cm³/mol. The minimum atomic E-state index is -1.46. The lowest BCUT2D eigenvalue weighted by Crippen LogP contribution is -2.64. The van der Waals surface area contributed by atoms with Crippen LogP contribution in [0.15, 0.2) is 0 Å². The number of hydrogen-bond donors (Lipinski definition) is 19. The van der Waals surface area contributed by atoms with Gasteiger partial charge < -0.3 is 147 Å². The summed E-state index contributed by atoms with van der Waals surface area (Å²) in [7, 11) is 0. The van der Waals surface area contributed by atoms with Gasteiger partial charge in [0.15, 0.2) is 18.9 Å². The van der Waals surface area contributed by atoms with Gasteiger partial charge in [-0.15, -0.1) is 0 Å². The van der Waals surface area contributed by atoms with Crippen LogP contribution < -0.4 is 53.2 Å². The quantitative estimate of drug-likeness (QED) is 0.0257. The summed E-state index contributed by atoms with van der Waals surface area (Å²) in [4.78, 5) is 138. The van der Waals surface area contributed by atoms with E-state index < -0.39 is 135 Å². The minimum Gasteiger partial charge on any atom is -0.394 e. The molecule has 3 aliphatic heterocycles. The molecule has 113 heavy (non-hydrogen) atoms. The number of carbonyl (C=O) groups is 11. The van der Waals surface area contributed by atoms with Crippen LogP contribution in [0.1, 0.15) is 188 Å². The Morgan fingerprint density at radius 2 is 0.549 bits per heavy atom. The van der Waals surface area contributed by atoms with Gasteiger partial charge in [0.05, 0.1) is 59.5 Å². The van der Waals surface area contributed by atoms with Crippen molar-refractivity contribution in [2.45, 2.75) is 286 Å². The van der Waals surface area contributed by atoms with Crippen molar-refractivity contribution >= 4 is 64.9 Å². The highest BCUT2D eigenvalue weighted by molar-refractivity contribution is 5.79. The highest BCUT2D eigenvalue weighted by atomic mass is 16.7. The van der Waals surface area contributed by atoms with E-state index in [0.29, 0.717) is 70.6 Å². The van der Waals surface area contributed by atoms with Gasteiger partial charge >= 0.3 is 0 Å². The second-order valence-electron chi connectivity index (χ2n) is 28.7. The number of amides is 10. The molecule has 3 aliphatic rings. The summed E-state index contributed by atoms with van der Waals surface area (Å²) in [5, 5.41) is 118. The SMILES string of the molecule is CC(=O)CCCCCCCCCCC(=O)NC(COCCC(=O)NCCCNC(=O)CCCCO[C@@H]1OC(CO)[C@@H](O)[C@H](O)C1NC(C)=O)(COCCC(=O)NCCCNC(=O)CCCCO[C@@H]1OC(CO)[C@@H](O)[C@H](O)C1NC(C)=O)COCCC(=O)NCCCNC(=O)CCCCO[C@@H]1OC(CO)[C@@H](O)[C@H](O)C1NC(C)=O. The van der Waals surface area contributed by atoms with Gasteiger partial charge in [0, 0.05) is 131 Å². The molecule has 10 amide bonds. The number of aliphatic hydroxyl groups is 9. The van der Waals surface area contributed by atoms with Crippen LogP contribution >= 0.6 is 0 Å². The van der Waals surface area contributed by atoms with Crippen LogP contribution in [0.4, 0.5) is 0 Å². The molecule has 0 aromatic carbocycles. The van der Waals surface area contributed by atoms with Gasteiger partial charge in [0.25, 0.3) is 0 Å². The Kier molecular flexibility index (Phi) is 52.9. The molecular weight excluding hydrogens is 1490 g/mol. The topological polar surface area (TPSA) is 573 Å². The second kappa shape index (κ2) is 59.3. The monoisotopic (exact) mass is 1620 g/mol. The van der Waals surface area contributed by atoms with E-state index in [0.717, 1.165) is 44.9 Å². The third kappa shape index (κ3) is 43.4. The molecule has 0 aromatic heterocycles. The number of ketones is 1. The number of Topliss-reactive ketones (excluding diaryl/α,β-unsaturated/α-hetero) is 1. The third-order valence-electron chi connectivity index (χ3n) is 18.6. The second-order valence-corrected chi connectivity index (χ2v) is 28.7. The Morgan fingerprint density at radius 1 is 0.301 bits per heavy atom. The number of rotatable bonds is 63. The molecule has 3 heterocycles.